The van der Waals surface area contributed by atoms with E-state index in [1.807, 2.05) is 0 Å². The van der Waals surface area contributed by atoms with E-state index in [-0.39, 0.29) is 53.7 Å². The van der Waals surface area contributed by atoms with E-state index in [1.165, 1.54) is 0 Å². The van der Waals surface area contributed by atoms with Crippen molar-refractivity contribution in [3.05, 3.63) is 0 Å². The summed E-state index contributed by atoms with van der Waals surface area (Å²) in [6, 6.07) is 0. The third kappa shape index (κ3) is 12.9. The Morgan fingerprint density at radius 3 is 2.38 bits per heavy atom. The van der Waals surface area contributed by atoms with Gasteiger partial charge in [-0.2, -0.15) is 8.42 Å². The maximum atomic E-state index is 10.5. The van der Waals surface area contributed by atoms with Gasteiger partial charge in [0.1, 0.15) is 5.33 Å². The molecule has 1 N–H and O–H groups in total. The Labute approximate surface area is 107 Å². The summed E-state index contributed by atoms with van der Waals surface area (Å²) in [5.41, 5.74) is 0. The fraction of sp³-hybridized carbons (Fsp3) is 0.800. The van der Waals surface area contributed by atoms with Crippen LogP contribution in [0.5, 0.6) is 0 Å². The molecule has 0 saturated carbocycles. The van der Waals surface area contributed by atoms with Crippen molar-refractivity contribution in [3.63, 3.8) is 0 Å². The van der Waals surface area contributed by atoms with Gasteiger partial charge >= 0.3 is 35.5 Å². The van der Waals surface area contributed by atoms with Gasteiger partial charge in [-0.05, 0) is 6.42 Å². The summed E-state index contributed by atoms with van der Waals surface area (Å²) >= 11 is 2.86. The number of rotatable bonds is 5. The van der Waals surface area contributed by atoms with Crippen LogP contribution in [-0.2, 0) is 19.6 Å². The van der Waals surface area contributed by atoms with E-state index >= 15 is 0 Å². The van der Waals surface area contributed by atoms with E-state index < -0.39 is 16.1 Å². The van der Waals surface area contributed by atoms with Crippen LogP contribution in [0, 0.1) is 0 Å². The Bertz CT molecular complexity index is 239. The number of hydrogen-bond acceptors (Lipinski definition) is 4. The van der Waals surface area contributed by atoms with Gasteiger partial charge in [0.2, 0.25) is 0 Å². The Morgan fingerprint density at radius 2 is 2.00 bits per heavy atom. The largest absolute Gasteiger partial charge is 1.00 e. The molecule has 0 aromatic heterocycles. The van der Waals surface area contributed by atoms with E-state index in [1.54, 1.807) is 0 Å². The van der Waals surface area contributed by atoms with Gasteiger partial charge in [-0.25, -0.2) is 0 Å². The molecule has 5 nitrogen and oxygen atoms in total. The zero-order valence-corrected chi connectivity index (χ0v) is 11.6. The normalized spacial score (nSPS) is 10.3. The zero-order chi connectivity index (χ0) is 9.61. The summed E-state index contributed by atoms with van der Waals surface area (Å²) < 4.78 is 33.1. The fourth-order valence-corrected chi connectivity index (χ4v) is 1.11. The van der Waals surface area contributed by atoms with Crippen molar-refractivity contribution >= 4 is 32.0 Å². The first-order valence-corrected chi connectivity index (χ1v) is 5.85. The van der Waals surface area contributed by atoms with Crippen LogP contribution in [0.4, 0.5) is 0 Å². The molecule has 0 aromatic carbocycles. The SMILES string of the molecule is O=C(CBr)OCCCS(=O)(=O)O.[Na+]. The standard InChI is InChI=1S/C5H9BrO5S.Na/c6-4-5(7)11-2-1-3-12(8,9)10;/h1-4H2,(H,8,9,10);/q;+1. The van der Waals surface area contributed by atoms with Crippen molar-refractivity contribution in [1.82, 2.24) is 0 Å². The molecule has 0 heterocycles. The van der Waals surface area contributed by atoms with Crippen molar-refractivity contribution < 1.29 is 52.1 Å². The summed E-state index contributed by atoms with van der Waals surface area (Å²) in [5.74, 6) is -0.840. The monoisotopic (exact) mass is 283 g/mol. The molecule has 0 bridgehead atoms. The van der Waals surface area contributed by atoms with E-state index in [9.17, 15) is 13.2 Å². The maximum Gasteiger partial charge on any atom is 1.00 e. The van der Waals surface area contributed by atoms with E-state index in [0.717, 1.165) is 0 Å². The van der Waals surface area contributed by atoms with Crippen LogP contribution in [0.15, 0.2) is 0 Å². The van der Waals surface area contributed by atoms with Crippen LogP contribution in [0.3, 0.4) is 0 Å². The van der Waals surface area contributed by atoms with Crippen LogP contribution in [0.1, 0.15) is 6.42 Å². The molecule has 0 atom stereocenters. The average molecular weight is 284 g/mol. The average Bonchev–Trinajstić information content (AvgIpc) is 1.96. The van der Waals surface area contributed by atoms with Crippen molar-refractivity contribution in [2.24, 2.45) is 0 Å². The number of esters is 1. The summed E-state index contributed by atoms with van der Waals surface area (Å²) in [6.07, 6.45) is 0.109. The molecule has 8 heteroatoms. The summed E-state index contributed by atoms with van der Waals surface area (Å²) in [5, 5.41) is 0.0822. The Morgan fingerprint density at radius 1 is 1.46 bits per heavy atom. The van der Waals surface area contributed by atoms with Crippen LogP contribution in [0.25, 0.3) is 0 Å². The number of halogens is 1. The third-order valence-corrected chi connectivity index (χ3v) is 2.18. The second-order valence-electron chi connectivity index (χ2n) is 1.99. The first kappa shape index (κ1) is 16.3. The maximum absolute atomic E-state index is 10.5. The van der Waals surface area contributed by atoms with E-state index in [0.29, 0.717) is 0 Å². The van der Waals surface area contributed by atoms with Crippen LogP contribution < -0.4 is 29.6 Å². The van der Waals surface area contributed by atoms with Gasteiger partial charge in [0.15, 0.2) is 0 Å². The van der Waals surface area contributed by atoms with Crippen LogP contribution >= 0.6 is 15.9 Å². The molecule has 0 aromatic rings. The smallest absolute Gasteiger partial charge is 0.465 e. The molecular formula is C5H9BrNaO5S+. The fourth-order valence-electron chi connectivity index (χ4n) is 0.466. The minimum atomic E-state index is -3.93. The number of ether oxygens (including phenoxy) is 1. The third-order valence-electron chi connectivity index (χ3n) is 0.919. The minimum absolute atomic E-state index is 0. The number of alkyl halides is 1. The summed E-state index contributed by atoms with van der Waals surface area (Å²) in [6.45, 7) is 0.00419. The minimum Gasteiger partial charge on any atom is -0.465 e. The second kappa shape index (κ2) is 8.19. The molecule has 0 unspecified atom stereocenters. The second-order valence-corrected chi connectivity index (χ2v) is 4.13. The molecule has 0 spiro atoms. The molecular weight excluding hydrogens is 275 g/mol. The van der Waals surface area contributed by atoms with Gasteiger partial charge in [0.05, 0.1) is 12.4 Å². The Hall–Kier alpha value is 0.860. The van der Waals surface area contributed by atoms with Gasteiger partial charge in [-0.15, -0.1) is 0 Å². The van der Waals surface area contributed by atoms with Gasteiger partial charge in [-0.1, -0.05) is 15.9 Å². The molecule has 0 aliphatic rings. The molecule has 0 saturated heterocycles. The quantitative estimate of drug-likeness (QED) is 0.194. The first-order valence-electron chi connectivity index (χ1n) is 3.12. The van der Waals surface area contributed by atoms with Crippen molar-refractivity contribution in [2.45, 2.75) is 6.42 Å². The molecule has 0 amide bonds. The number of carbonyl (C=O) groups excluding carboxylic acids is 1. The van der Waals surface area contributed by atoms with Gasteiger partial charge in [0, 0.05) is 0 Å². The molecule has 0 fully saturated rings. The number of hydrogen-bond donors (Lipinski definition) is 1. The van der Waals surface area contributed by atoms with Crippen LogP contribution in [-0.4, -0.2) is 36.6 Å². The zero-order valence-electron chi connectivity index (χ0n) is 7.19. The Kier molecular flexibility index (Phi) is 10.3. The summed E-state index contributed by atoms with van der Waals surface area (Å²) in [4.78, 5) is 10.5. The summed E-state index contributed by atoms with van der Waals surface area (Å²) in [7, 11) is -3.93. The Balaban J connectivity index is 0. The predicted octanol–water partition coefficient (Wildman–Crippen LogP) is -2.79. The van der Waals surface area contributed by atoms with Crippen molar-refractivity contribution in [2.75, 3.05) is 17.7 Å². The topological polar surface area (TPSA) is 80.7 Å². The molecule has 0 radical (unpaired) electrons. The molecule has 0 aliphatic heterocycles. The van der Waals surface area contributed by atoms with Gasteiger partial charge in [0.25, 0.3) is 10.1 Å². The van der Waals surface area contributed by atoms with E-state index in [2.05, 4.69) is 20.7 Å². The predicted molar refractivity (Wildman–Crippen MR) is 45.8 cm³/mol. The van der Waals surface area contributed by atoms with Crippen molar-refractivity contribution in [1.29, 1.82) is 0 Å². The number of carbonyl (C=O) groups is 1. The molecule has 0 rings (SSSR count). The van der Waals surface area contributed by atoms with Gasteiger partial charge < -0.3 is 4.74 Å². The molecule has 72 valence electrons. The molecule has 0 aliphatic carbocycles. The first-order chi connectivity index (χ1) is 5.45. The van der Waals surface area contributed by atoms with Crippen LogP contribution in [0.2, 0.25) is 0 Å². The van der Waals surface area contributed by atoms with E-state index in [4.69, 9.17) is 4.55 Å². The molecule has 13 heavy (non-hydrogen) atoms. The van der Waals surface area contributed by atoms with Crippen molar-refractivity contribution in [3.8, 4) is 0 Å². The van der Waals surface area contributed by atoms with Gasteiger partial charge in [-0.3, -0.25) is 9.35 Å².